The number of ether oxygens (including phenoxy) is 2. The van der Waals surface area contributed by atoms with Crippen LogP contribution in [0.25, 0.3) is 0 Å². The summed E-state index contributed by atoms with van der Waals surface area (Å²) in [7, 11) is 1.65. The molecule has 1 amide bonds. The molecule has 2 fully saturated rings. The molecule has 0 radical (unpaired) electrons. The fourth-order valence-electron chi connectivity index (χ4n) is 4.30. The van der Waals surface area contributed by atoms with E-state index in [4.69, 9.17) is 9.47 Å². The van der Waals surface area contributed by atoms with Gasteiger partial charge < -0.3 is 14.4 Å². The second-order valence-electron chi connectivity index (χ2n) is 7.08. The molecule has 1 aromatic heterocycles. The molecule has 2 heterocycles. The van der Waals surface area contributed by atoms with E-state index in [1.54, 1.807) is 13.3 Å². The Balaban J connectivity index is 1.42. The fraction of sp³-hybridized carbons (Fsp3) is 0.429. The van der Waals surface area contributed by atoms with E-state index in [0.717, 1.165) is 30.0 Å². The molecule has 26 heavy (non-hydrogen) atoms. The van der Waals surface area contributed by atoms with Gasteiger partial charge in [-0.25, -0.2) is 0 Å². The van der Waals surface area contributed by atoms with Crippen LogP contribution >= 0.6 is 0 Å². The maximum Gasteiger partial charge on any atom is 0.229 e. The smallest absolute Gasteiger partial charge is 0.229 e. The number of carbonyl (C=O) groups is 1. The van der Waals surface area contributed by atoms with Crippen LogP contribution in [0.15, 0.2) is 48.7 Å². The van der Waals surface area contributed by atoms with Gasteiger partial charge in [0.1, 0.15) is 18.1 Å². The molecular formula is C21H24N2O3. The van der Waals surface area contributed by atoms with Gasteiger partial charge >= 0.3 is 0 Å². The third-order valence-electron chi connectivity index (χ3n) is 5.57. The SMILES string of the molecule is COc1ccc(OC[C@H]2[C@@H]3CC[C@@H](C3)N2C(=O)Cc2ccccn2)cc1. The Hall–Kier alpha value is -2.56. The quantitative estimate of drug-likeness (QED) is 0.802. The van der Waals surface area contributed by atoms with Gasteiger partial charge in [-0.15, -0.1) is 0 Å². The summed E-state index contributed by atoms with van der Waals surface area (Å²) in [5.74, 6) is 2.33. The highest BCUT2D eigenvalue weighted by atomic mass is 16.5. The lowest BCUT2D eigenvalue weighted by molar-refractivity contribution is -0.135. The van der Waals surface area contributed by atoms with Crippen LogP contribution in [0.4, 0.5) is 0 Å². The second-order valence-corrected chi connectivity index (χ2v) is 7.08. The highest BCUT2D eigenvalue weighted by Gasteiger charge is 2.48. The van der Waals surface area contributed by atoms with Crippen LogP contribution in [0, 0.1) is 5.92 Å². The lowest BCUT2D eigenvalue weighted by Crippen LogP contribution is -2.48. The Morgan fingerprint density at radius 3 is 2.69 bits per heavy atom. The molecule has 5 heteroatoms. The summed E-state index contributed by atoms with van der Waals surface area (Å²) in [5, 5.41) is 0. The predicted octanol–water partition coefficient (Wildman–Crippen LogP) is 3.09. The summed E-state index contributed by atoms with van der Waals surface area (Å²) in [5.41, 5.74) is 0.829. The van der Waals surface area contributed by atoms with Crippen LogP contribution in [0.5, 0.6) is 11.5 Å². The minimum absolute atomic E-state index is 0.159. The summed E-state index contributed by atoms with van der Waals surface area (Å²) >= 11 is 0. The summed E-state index contributed by atoms with van der Waals surface area (Å²) in [4.78, 5) is 19.3. The van der Waals surface area contributed by atoms with E-state index >= 15 is 0 Å². The van der Waals surface area contributed by atoms with Crippen LogP contribution in [-0.4, -0.2) is 41.6 Å². The van der Waals surface area contributed by atoms with E-state index in [0.29, 0.717) is 25.0 Å². The zero-order chi connectivity index (χ0) is 17.9. The average molecular weight is 352 g/mol. The molecule has 2 aliphatic rings. The minimum atomic E-state index is 0.159. The molecule has 0 N–H and O–H groups in total. The molecule has 0 spiro atoms. The van der Waals surface area contributed by atoms with Gasteiger partial charge in [-0.3, -0.25) is 9.78 Å². The highest BCUT2D eigenvalue weighted by Crippen LogP contribution is 2.42. The van der Waals surface area contributed by atoms with Gasteiger partial charge in [0.2, 0.25) is 5.91 Å². The third-order valence-corrected chi connectivity index (χ3v) is 5.57. The molecule has 2 bridgehead atoms. The van der Waals surface area contributed by atoms with Crippen LogP contribution in [0.3, 0.4) is 0 Å². The molecule has 4 rings (SSSR count). The normalized spacial score (nSPS) is 23.9. The van der Waals surface area contributed by atoms with Crippen LogP contribution < -0.4 is 9.47 Å². The number of hydrogen-bond donors (Lipinski definition) is 0. The second kappa shape index (κ2) is 7.36. The van der Waals surface area contributed by atoms with E-state index in [2.05, 4.69) is 9.88 Å². The largest absolute Gasteiger partial charge is 0.497 e. The molecule has 136 valence electrons. The van der Waals surface area contributed by atoms with Gasteiger partial charge in [0.15, 0.2) is 0 Å². The summed E-state index contributed by atoms with van der Waals surface area (Å²) in [6.45, 7) is 0.543. The molecule has 1 aromatic carbocycles. The number of amides is 1. The van der Waals surface area contributed by atoms with Crippen molar-refractivity contribution in [2.75, 3.05) is 13.7 Å². The lowest BCUT2D eigenvalue weighted by Gasteiger charge is -2.35. The van der Waals surface area contributed by atoms with Gasteiger partial charge in [0, 0.05) is 17.9 Å². The molecule has 1 saturated carbocycles. The molecule has 0 unspecified atom stereocenters. The van der Waals surface area contributed by atoms with Crippen molar-refractivity contribution < 1.29 is 14.3 Å². The van der Waals surface area contributed by atoms with Crippen LogP contribution in [0.2, 0.25) is 0 Å². The van der Waals surface area contributed by atoms with E-state index in [1.807, 2.05) is 42.5 Å². The van der Waals surface area contributed by atoms with Crippen molar-refractivity contribution >= 4 is 5.91 Å². The molecule has 1 saturated heterocycles. The van der Waals surface area contributed by atoms with E-state index < -0.39 is 0 Å². The number of pyridine rings is 1. The van der Waals surface area contributed by atoms with E-state index in [1.165, 1.54) is 6.42 Å². The maximum atomic E-state index is 12.9. The lowest BCUT2D eigenvalue weighted by atomic mass is 9.99. The zero-order valence-electron chi connectivity index (χ0n) is 15.0. The van der Waals surface area contributed by atoms with Crippen molar-refractivity contribution in [1.29, 1.82) is 0 Å². The number of hydrogen-bond acceptors (Lipinski definition) is 4. The summed E-state index contributed by atoms with van der Waals surface area (Å²) in [6, 6.07) is 13.8. The maximum absolute atomic E-state index is 12.9. The standard InChI is InChI=1S/C21H24N2O3/c1-25-18-7-9-19(10-8-18)26-14-20-15-5-6-17(12-15)23(20)21(24)13-16-4-2-3-11-22-16/h2-4,7-11,15,17,20H,5-6,12-14H2,1H3/t15-,17+,20+/m1/s1. The molecule has 3 atom stereocenters. The van der Waals surface area contributed by atoms with Crippen molar-refractivity contribution in [3.63, 3.8) is 0 Å². The first kappa shape index (κ1) is 16.9. The van der Waals surface area contributed by atoms with Crippen molar-refractivity contribution in [2.24, 2.45) is 5.92 Å². The average Bonchev–Trinajstić information content (AvgIpc) is 3.29. The number of likely N-dealkylation sites (tertiary alicyclic amines) is 1. The minimum Gasteiger partial charge on any atom is -0.497 e. The molecule has 1 aliphatic heterocycles. The van der Waals surface area contributed by atoms with Gasteiger partial charge in [-0.05, 0) is 61.6 Å². The Morgan fingerprint density at radius 2 is 1.96 bits per heavy atom. The van der Waals surface area contributed by atoms with Gasteiger partial charge in [-0.2, -0.15) is 0 Å². The molecule has 5 nitrogen and oxygen atoms in total. The number of methoxy groups -OCH3 is 1. The summed E-state index contributed by atoms with van der Waals surface area (Å²) < 4.78 is 11.2. The third kappa shape index (κ3) is 3.39. The Kier molecular flexibility index (Phi) is 4.78. The molecule has 1 aliphatic carbocycles. The fourth-order valence-corrected chi connectivity index (χ4v) is 4.30. The first-order valence-corrected chi connectivity index (χ1v) is 9.22. The first-order valence-electron chi connectivity index (χ1n) is 9.22. The predicted molar refractivity (Wildman–Crippen MR) is 98.2 cm³/mol. The van der Waals surface area contributed by atoms with Crippen molar-refractivity contribution in [1.82, 2.24) is 9.88 Å². The van der Waals surface area contributed by atoms with E-state index in [9.17, 15) is 4.79 Å². The number of aromatic nitrogens is 1. The number of rotatable bonds is 6. The Bertz CT molecular complexity index is 748. The van der Waals surface area contributed by atoms with Gasteiger partial charge in [-0.1, -0.05) is 6.07 Å². The van der Waals surface area contributed by atoms with Crippen LogP contribution in [0.1, 0.15) is 25.0 Å². The van der Waals surface area contributed by atoms with Crippen molar-refractivity contribution in [3.8, 4) is 11.5 Å². The summed E-state index contributed by atoms with van der Waals surface area (Å²) in [6.07, 6.45) is 5.50. The Morgan fingerprint density at radius 1 is 1.15 bits per heavy atom. The highest BCUT2D eigenvalue weighted by molar-refractivity contribution is 5.79. The first-order chi connectivity index (χ1) is 12.7. The van der Waals surface area contributed by atoms with E-state index in [-0.39, 0.29) is 11.9 Å². The monoisotopic (exact) mass is 352 g/mol. The van der Waals surface area contributed by atoms with Crippen molar-refractivity contribution in [2.45, 2.75) is 37.8 Å². The number of fused-ring (bicyclic) bond motifs is 2. The van der Waals surface area contributed by atoms with Crippen molar-refractivity contribution in [3.05, 3.63) is 54.4 Å². The topological polar surface area (TPSA) is 51.7 Å². The van der Waals surface area contributed by atoms with Crippen LogP contribution in [-0.2, 0) is 11.2 Å². The molecular weight excluding hydrogens is 328 g/mol. The zero-order valence-corrected chi connectivity index (χ0v) is 15.0. The number of piperidine rings is 1. The number of nitrogens with zero attached hydrogens (tertiary/aromatic N) is 2. The van der Waals surface area contributed by atoms with Gasteiger partial charge in [0.25, 0.3) is 0 Å². The number of carbonyl (C=O) groups excluding carboxylic acids is 1. The Labute approximate surface area is 153 Å². The van der Waals surface area contributed by atoms with Gasteiger partial charge in [0.05, 0.1) is 19.6 Å². The molecule has 2 aromatic rings. The number of benzene rings is 1.